The molecule has 88 valence electrons. The molecule has 1 aromatic rings. The fourth-order valence-electron chi connectivity index (χ4n) is 1.44. The van der Waals surface area contributed by atoms with E-state index in [0.717, 1.165) is 28.3 Å². The molecule has 0 heterocycles. The van der Waals surface area contributed by atoms with Gasteiger partial charge in [0.25, 0.3) is 0 Å². The van der Waals surface area contributed by atoms with E-state index in [4.69, 9.17) is 0 Å². The van der Waals surface area contributed by atoms with Crippen molar-refractivity contribution in [2.24, 2.45) is 10.9 Å². The van der Waals surface area contributed by atoms with Gasteiger partial charge >= 0.3 is 0 Å². The third-order valence-corrected chi connectivity index (χ3v) is 3.27. The summed E-state index contributed by atoms with van der Waals surface area (Å²) in [5, 5.41) is 3.40. The molecule has 1 aromatic carbocycles. The summed E-state index contributed by atoms with van der Waals surface area (Å²) in [5.74, 6) is 0.767. The van der Waals surface area contributed by atoms with Crippen molar-refractivity contribution in [1.82, 2.24) is 0 Å². The Balaban J connectivity index is 2.56. The van der Waals surface area contributed by atoms with Gasteiger partial charge < -0.3 is 5.32 Å². The lowest BCUT2D eigenvalue weighted by molar-refractivity contribution is 0.532. The Morgan fingerprint density at radius 2 is 2.25 bits per heavy atom. The summed E-state index contributed by atoms with van der Waals surface area (Å²) in [6.07, 6.45) is 2.41. The molecule has 0 radical (unpaired) electrons. The molecule has 2 nitrogen and oxygen atoms in total. The molecule has 0 spiro atoms. The molecule has 3 heteroatoms. The van der Waals surface area contributed by atoms with E-state index < -0.39 is 0 Å². The van der Waals surface area contributed by atoms with Crippen LogP contribution in [0.2, 0.25) is 0 Å². The average Bonchev–Trinajstić information content (AvgIpc) is 2.30. The summed E-state index contributed by atoms with van der Waals surface area (Å²) < 4.78 is 1.03. The van der Waals surface area contributed by atoms with E-state index in [0.29, 0.717) is 0 Å². The fraction of sp³-hybridized carbons (Fsp3) is 0.462. The maximum absolute atomic E-state index is 4.01. The lowest BCUT2D eigenvalue weighted by atomic mass is 10.1. The number of nitrogens with zero attached hydrogens (tertiary/aromatic N) is 1. The highest BCUT2D eigenvalue weighted by Crippen LogP contribution is 2.28. The van der Waals surface area contributed by atoms with Crippen molar-refractivity contribution >= 4 is 34.0 Å². The van der Waals surface area contributed by atoms with Crippen molar-refractivity contribution in [1.29, 1.82) is 0 Å². The van der Waals surface area contributed by atoms with E-state index in [1.807, 2.05) is 18.2 Å². The van der Waals surface area contributed by atoms with Crippen LogP contribution in [0.3, 0.4) is 0 Å². The van der Waals surface area contributed by atoms with Crippen LogP contribution in [0.5, 0.6) is 0 Å². The standard InChI is InChI=1S/C13H19BrN2/c1-4-10(2)7-8-16-12-6-5-11(14)9-13(12)15-3/h5-6,9-10,16H,3-4,7-8H2,1-2H3. The number of hydrogen-bond donors (Lipinski definition) is 1. The molecule has 0 saturated carbocycles. The van der Waals surface area contributed by atoms with Crippen LogP contribution < -0.4 is 5.32 Å². The van der Waals surface area contributed by atoms with Crippen LogP contribution >= 0.6 is 15.9 Å². The second kappa shape index (κ2) is 6.69. The van der Waals surface area contributed by atoms with Crippen molar-refractivity contribution in [2.75, 3.05) is 11.9 Å². The molecule has 0 aliphatic heterocycles. The Morgan fingerprint density at radius 3 is 2.88 bits per heavy atom. The Kier molecular flexibility index (Phi) is 5.53. The van der Waals surface area contributed by atoms with E-state index >= 15 is 0 Å². The zero-order valence-corrected chi connectivity index (χ0v) is 11.5. The summed E-state index contributed by atoms with van der Waals surface area (Å²) in [6, 6.07) is 6.02. The van der Waals surface area contributed by atoms with Crippen LogP contribution in [0.4, 0.5) is 11.4 Å². The van der Waals surface area contributed by atoms with E-state index in [-0.39, 0.29) is 0 Å². The van der Waals surface area contributed by atoms with Crippen molar-refractivity contribution in [2.45, 2.75) is 26.7 Å². The lowest BCUT2D eigenvalue weighted by Gasteiger charge is -2.12. The molecule has 16 heavy (non-hydrogen) atoms. The molecular formula is C13H19BrN2. The molecule has 0 aromatic heterocycles. The minimum Gasteiger partial charge on any atom is -0.383 e. The van der Waals surface area contributed by atoms with Crippen LogP contribution in [0.15, 0.2) is 27.7 Å². The maximum Gasteiger partial charge on any atom is 0.0864 e. The van der Waals surface area contributed by atoms with Crippen LogP contribution in [0.25, 0.3) is 0 Å². The minimum absolute atomic E-state index is 0.767. The van der Waals surface area contributed by atoms with Gasteiger partial charge in [-0.2, -0.15) is 0 Å². The number of aliphatic imine (C=N–C) groups is 1. The van der Waals surface area contributed by atoms with Crippen molar-refractivity contribution in [3.8, 4) is 0 Å². The first-order valence-corrected chi connectivity index (χ1v) is 6.46. The monoisotopic (exact) mass is 282 g/mol. The molecule has 0 saturated heterocycles. The number of anilines is 1. The van der Waals surface area contributed by atoms with Gasteiger partial charge in [0.2, 0.25) is 0 Å². The van der Waals surface area contributed by atoms with Gasteiger partial charge in [-0.05, 0) is 37.3 Å². The first kappa shape index (κ1) is 13.2. The summed E-state index contributed by atoms with van der Waals surface area (Å²) in [7, 11) is 0. The van der Waals surface area contributed by atoms with Crippen molar-refractivity contribution in [3.63, 3.8) is 0 Å². The molecule has 1 N–H and O–H groups in total. The molecule has 0 bridgehead atoms. The van der Waals surface area contributed by atoms with E-state index in [9.17, 15) is 0 Å². The zero-order valence-electron chi connectivity index (χ0n) is 9.96. The number of benzene rings is 1. The number of halogens is 1. The Morgan fingerprint density at radius 1 is 1.50 bits per heavy atom. The van der Waals surface area contributed by atoms with Gasteiger partial charge in [0.15, 0.2) is 0 Å². The number of nitrogens with one attached hydrogen (secondary N) is 1. The summed E-state index contributed by atoms with van der Waals surface area (Å²) in [4.78, 5) is 4.01. The zero-order chi connectivity index (χ0) is 12.0. The van der Waals surface area contributed by atoms with Gasteiger partial charge in [0.1, 0.15) is 0 Å². The smallest absolute Gasteiger partial charge is 0.0864 e. The molecule has 1 unspecified atom stereocenters. The van der Waals surface area contributed by atoms with Gasteiger partial charge in [-0.1, -0.05) is 36.2 Å². The van der Waals surface area contributed by atoms with Crippen molar-refractivity contribution in [3.05, 3.63) is 22.7 Å². The van der Waals surface area contributed by atoms with Gasteiger partial charge in [-0.3, -0.25) is 4.99 Å². The Bertz CT molecular complexity index is 350. The third-order valence-electron chi connectivity index (χ3n) is 2.78. The number of hydrogen-bond acceptors (Lipinski definition) is 2. The molecule has 1 rings (SSSR count). The summed E-state index contributed by atoms with van der Waals surface area (Å²) in [5.41, 5.74) is 1.96. The highest BCUT2D eigenvalue weighted by Gasteiger charge is 2.02. The quantitative estimate of drug-likeness (QED) is 0.756. The van der Waals surface area contributed by atoms with E-state index in [1.54, 1.807) is 0 Å². The fourth-order valence-corrected chi connectivity index (χ4v) is 1.79. The van der Waals surface area contributed by atoms with Crippen LogP contribution in [0.1, 0.15) is 26.7 Å². The van der Waals surface area contributed by atoms with Gasteiger partial charge in [-0.25, -0.2) is 0 Å². The second-order valence-electron chi connectivity index (χ2n) is 4.05. The molecule has 0 aliphatic rings. The minimum atomic E-state index is 0.767. The van der Waals surface area contributed by atoms with Gasteiger partial charge in [-0.15, -0.1) is 0 Å². The average molecular weight is 283 g/mol. The molecule has 0 aliphatic carbocycles. The van der Waals surface area contributed by atoms with Crippen LogP contribution in [-0.2, 0) is 0 Å². The normalized spacial score (nSPS) is 12.2. The number of rotatable bonds is 6. The lowest BCUT2D eigenvalue weighted by Crippen LogP contribution is -2.06. The highest BCUT2D eigenvalue weighted by atomic mass is 79.9. The summed E-state index contributed by atoms with van der Waals surface area (Å²) >= 11 is 3.42. The maximum atomic E-state index is 4.01. The van der Waals surface area contributed by atoms with Gasteiger partial charge in [0.05, 0.1) is 11.4 Å². The second-order valence-corrected chi connectivity index (χ2v) is 4.96. The summed E-state index contributed by atoms with van der Waals surface area (Å²) in [6.45, 7) is 9.06. The molecule has 1 atom stereocenters. The van der Waals surface area contributed by atoms with Crippen molar-refractivity contribution < 1.29 is 0 Å². The first-order chi connectivity index (χ1) is 7.67. The van der Waals surface area contributed by atoms with Gasteiger partial charge in [0, 0.05) is 11.0 Å². The first-order valence-electron chi connectivity index (χ1n) is 5.67. The predicted molar refractivity (Wildman–Crippen MR) is 75.9 cm³/mol. The van der Waals surface area contributed by atoms with E-state index in [2.05, 4.69) is 46.8 Å². The molecule has 0 amide bonds. The molecular weight excluding hydrogens is 264 g/mol. The van der Waals surface area contributed by atoms with Crippen LogP contribution in [-0.4, -0.2) is 13.3 Å². The van der Waals surface area contributed by atoms with Crippen LogP contribution in [0, 0.1) is 5.92 Å². The highest BCUT2D eigenvalue weighted by molar-refractivity contribution is 9.10. The van der Waals surface area contributed by atoms with E-state index in [1.165, 1.54) is 12.8 Å². The SMILES string of the molecule is C=Nc1cc(Br)ccc1NCCC(C)CC. The Hall–Kier alpha value is -0.830. The third kappa shape index (κ3) is 3.97. The Labute approximate surface area is 106 Å². The predicted octanol–water partition coefficient (Wildman–Crippen LogP) is 4.63. The molecule has 0 fully saturated rings. The largest absolute Gasteiger partial charge is 0.383 e. The topological polar surface area (TPSA) is 24.4 Å².